The van der Waals surface area contributed by atoms with E-state index in [1.807, 2.05) is 0 Å². The third-order valence-corrected chi connectivity index (χ3v) is 3.66. The standard InChI is InChI=1S/C16H30O2/c1-3-5-11-17-13-15-9-7-8-10-16(15)14-18-12-6-4-2/h7-8,15-16H,3-6,9-14H2,1-2H3/t15-,16?/m1/s1. The van der Waals surface area contributed by atoms with E-state index in [-0.39, 0.29) is 0 Å². The molecule has 2 atom stereocenters. The van der Waals surface area contributed by atoms with Crippen LogP contribution >= 0.6 is 0 Å². The van der Waals surface area contributed by atoms with Gasteiger partial charge in [0.25, 0.3) is 0 Å². The van der Waals surface area contributed by atoms with Gasteiger partial charge in [-0.05, 0) is 37.5 Å². The predicted octanol–water partition coefficient (Wildman–Crippen LogP) is 4.20. The summed E-state index contributed by atoms with van der Waals surface area (Å²) < 4.78 is 11.6. The fourth-order valence-corrected chi connectivity index (χ4v) is 2.30. The molecule has 1 rings (SSSR count). The van der Waals surface area contributed by atoms with Gasteiger partial charge in [0.2, 0.25) is 0 Å². The van der Waals surface area contributed by atoms with Gasteiger partial charge in [-0.25, -0.2) is 0 Å². The quantitative estimate of drug-likeness (QED) is 0.429. The van der Waals surface area contributed by atoms with Crippen molar-refractivity contribution in [1.82, 2.24) is 0 Å². The first kappa shape index (κ1) is 15.7. The summed E-state index contributed by atoms with van der Waals surface area (Å²) in [5, 5.41) is 0. The normalized spacial score (nSPS) is 23.4. The number of unbranched alkanes of at least 4 members (excludes halogenated alkanes) is 2. The zero-order valence-corrected chi connectivity index (χ0v) is 12.2. The van der Waals surface area contributed by atoms with E-state index in [0.717, 1.165) is 39.3 Å². The zero-order chi connectivity index (χ0) is 13.1. The molecular formula is C16H30O2. The smallest absolute Gasteiger partial charge is 0.0500 e. The molecule has 1 aliphatic rings. The van der Waals surface area contributed by atoms with Crippen LogP contribution in [0.5, 0.6) is 0 Å². The molecule has 0 fully saturated rings. The van der Waals surface area contributed by atoms with E-state index in [1.54, 1.807) is 0 Å². The summed E-state index contributed by atoms with van der Waals surface area (Å²) in [6, 6.07) is 0. The van der Waals surface area contributed by atoms with Crippen LogP contribution in [0.25, 0.3) is 0 Å². The maximum absolute atomic E-state index is 5.78. The van der Waals surface area contributed by atoms with E-state index in [1.165, 1.54) is 25.7 Å². The SMILES string of the molecule is CCCCOCC1CC=CC[C@@H]1COCCCC. The molecule has 0 aromatic rings. The summed E-state index contributed by atoms with van der Waals surface area (Å²) in [7, 11) is 0. The molecule has 0 bridgehead atoms. The molecule has 18 heavy (non-hydrogen) atoms. The van der Waals surface area contributed by atoms with E-state index in [2.05, 4.69) is 26.0 Å². The Balaban J connectivity index is 2.18. The summed E-state index contributed by atoms with van der Waals surface area (Å²) in [4.78, 5) is 0. The van der Waals surface area contributed by atoms with E-state index in [0.29, 0.717) is 11.8 Å². The molecule has 1 unspecified atom stereocenters. The minimum atomic E-state index is 0.661. The van der Waals surface area contributed by atoms with E-state index in [4.69, 9.17) is 9.47 Å². The Labute approximate surface area is 113 Å². The van der Waals surface area contributed by atoms with Gasteiger partial charge in [0.05, 0.1) is 13.2 Å². The molecule has 2 heteroatoms. The van der Waals surface area contributed by atoms with Crippen molar-refractivity contribution in [1.29, 1.82) is 0 Å². The Hall–Kier alpha value is -0.340. The van der Waals surface area contributed by atoms with Crippen LogP contribution in [0.2, 0.25) is 0 Å². The van der Waals surface area contributed by atoms with Crippen molar-refractivity contribution in [2.75, 3.05) is 26.4 Å². The lowest BCUT2D eigenvalue weighted by Crippen LogP contribution is -2.26. The second kappa shape index (κ2) is 10.6. The molecule has 0 heterocycles. The highest BCUT2D eigenvalue weighted by Gasteiger charge is 2.22. The van der Waals surface area contributed by atoms with Crippen molar-refractivity contribution in [3.63, 3.8) is 0 Å². The maximum atomic E-state index is 5.78. The molecule has 0 saturated heterocycles. The first-order chi connectivity index (χ1) is 8.88. The largest absolute Gasteiger partial charge is 0.381 e. The Morgan fingerprint density at radius 2 is 1.28 bits per heavy atom. The monoisotopic (exact) mass is 254 g/mol. The highest BCUT2D eigenvalue weighted by atomic mass is 16.5. The molecule has 1 aliphatic carbocycles. The molecule has 0 aliphatic heterocycles. The van der Waals surface area contributed by atoms with Crippen molar-refractivity contribution < 1.29 is 9.47 Å². The summed E-state index contributed by atoms with van der Waals surface area (Å²) in [5.74, 6) is 1.32. The van der Waals surface area contributed by atoms with Crippen LogP contribution < -0.4 is 0 Å². The van der Waals surface area contributed by atoms with Crippen molar-refractivity contribution in [3.8, 4) is 0 Å². The summed E-state index contributed by atoms with van der Waals surface area (Å²) >= 11 is 0. The van der Waals surface area contributed by atoms with Gasteiger partial charge in [0.1, 0.15) is 0 Å². The topological polar surface area (TPSA) is 18.5 Å². The number of allylic oxidation sites excluding steroid dienone is 2. The minimum absolute atomic E-state index is 0.661. The average Bonchev–Trinajstić information content (AvgIpc) is 2.41. The van der Waals surface area contributed by atoms with Crippen molar-refractivity contribution in [2.24, 2.45) is 11.8 Å². The molecule has 0 spiro atoms. The number of hydrogen-bond donors (Lipinski definition) is 0. The predicted molar refractivity (Wildman–Crippen MR) is 76.8 cm³/mol. The van der Waals surface area contributed by atoms with Crippen LogP contribution in [0, 0.1) is 11.8 Å². The Morgan fingerprint density at radius 3 is 1.67 bits per heavy atom. The Morgan fingerprint density at radius 1 is 0.833 bits per heavy atom. The lowest BCUT2D eigenvalue weighted by molar-refractivity contribution is 0.0298. The highest BCUT2D eigenvalue weighted by Crippen LogP contribution is 2.26. The van der Waals surface area contributed by atoms with Crippen molar-refractivity contribution in [3.05, 3.63) is 12.2 Å². The lowest BCUT2D eigenvalue weighted by atomic mass is 9.84. The van der Waals surface area contributed by atoms with Crippen LogP contribution in [-0.4, -0.2) is 26.4 Å². The molecular weight excluding hydrogens is 224 g/mol. The van der Waals surface area contributed by atoms with Crippen LogP contribution in [0.15, 0.2) is 12.2 Å². The van der Waals surface area contributed by atoms with Crippen LogP contribution in [-0.2, 0) is 9.47 Å². The number of ether oxygens (including phenoxy) is 2. The van der Waals surface area contributed by atoms with Crippen LogP contribution in [0.4, 0.5) is 0 Å². The van der Waals surface area contributed by atoms with E-state index < -0.39 is 0 Å². The lowest BCUT2D eigenvalue weighted by Gasteiger charge is -2.28. The van der Waals surface area contributed by atoms with E-state index >= 15 is 0 Å². The summed E-state index contributed by atoms with van der Waals surface area (Å²) in [6.45, 7) is 8.06. The fourth-order valence-electron chi connectivity index (χ4n) is 2.30. The van der Waals surface area contributed by atoms with Gasteiger partial charge in [0, 0.05) is 13.2 Å². The van der Waals surface area contributed by atoms with Gasteiger partial charge in [-0.2, -0.15) is 0 Å². The van der Waals surface area contributed by atoms with Gasteiger partial charge in [-0.1, -0.05) is 38.8 Å². The summed E-state index contributed by atoms with van der Waals surface area (Å²) in [6.07, 6.45) is 11.7. The molecule has 0 N–H and O–H groups in total. The van der Waals surface area contributed by atoms with Gasteiger partial charge in [-0.3, -0.25) is 0 Å². The van der Waals surface area contributed by atoms with Gasteiger partial charge < -0.3 is 9.47 Å². The molecule has 0 radical (unpaired) electrons. The average molecular weight is 254 g/mol. The van der Waals surface area contributed by atoms with Crippen molar-refractivity contribution >= 4 is 0 Å². The molecule has 0 aromatic carbocycles. The number of hydrogen-bond acceptors (Lipinski definition) is 2. The molecule has 0 amide bonds. The molecule has 0 saturated carbocycles. The van der Waals surface area contributed by atoms with Crippen LogP contribution in [0.3, 0.4) is 0 Å². The Bertz CT molecular complexity index is 191. The maximum Gasteiger partial charge on any atom is 0.0500 e. The van der Waals surface area contributed by atoms with Gasteiger partial charge >= 0.3 is 0 Å². The second-order valence-electron chi connectivity index (χ2n) is 5.32. The van der Waals surface area contributed by atoms with E-state index in [9.17, 15) is 0 Å². The third kappa shape index (κ3) is 6.55. The minimum Gasteiger partial charge on any atom is -0.381 e. The molecule has 2 nitrogen and oxygen atoms in total. The van der Waals surface area contributed by atoms with Gasteiger partial charge in [0.15, 0.2) is 0 Å². The molecule has 106 valence electrons. The zero-order valence-electron chi connectivity index (χ0n) is 12.2. The van der Waals surface area contributed by atoms with Crippen LogP contribution in [0.1, 0.15) is 52.4 Å². The van der Waals surface area contributed by atoms with Gasteiger partial charge in [-0.15, -0.1) is 0 Å². The third-order valence-electron chi connectivity index (χ3n) is 3.66. The summed E-state index contributed by atoms with van der Waals surface area (Å²) in [5.41, 5.74) is 0. The first-order valence-corrected chi connectivity index (χ1v) is 7.69. The van der Waals surface area contributed by atoms with Crippen molar-refractivity contribution in [2.45, 2.75) is 52.4 Å². The highest BCUT2D eigenvalue weighted by molar-refractivity contribution is 4.94. The second-order valence-corrected chi connectivity index (χ2v) is 5.32. The fraction of sp³-hybridized carbons (Fsp3) is 0.875. The molecule has 0 aromatic heterocycles. The first-order valence-electron chi connectivity index (χ1n) is 7.69. The number of rotatable bonds is 10. The Kier molecular flexibility index (Phi) is 9.23.